The van der Waals surface area contributed by atoms with Crippen LogP contribution in [0, 0.1) is 0 Å². The van der Waals surface area contributed by atoms with Gasteiger partial charge in [0.05, 0.1) is 25.7 Å². The first kappa shape index (κ1) is 23.6. The molecule has 1 saturated heterocycles. The Hall–Kier alpha value is -2.60. The minimum absolute atomic E-state index is 0.0525. The first-order valence-electron chi connectivity index (χ1n) is 11.3. The van der Waals surface area contributed by atoms with Gasteiger partial charge in [0, 0.05) is 24.2 Å². The minimum atomic E-state index is -0.335. The molecule has 1 aliphatic heterocycles. The fourth-order valence-corrected chi connectivity index (χ4v) is 4.57. The van der Waals surface area contributed by atoms with Crippen molar-refractivity contribution in [2.45, 2.75) is 31.9 Å². The molecule has 4 rings (SSSR count). The fraction of sp³-hybridized carbons (Fsp3) is 0.370. The van der Waals surface area contributed by atoms with Gasteiger partial charge in [-0.25, -0.2) is 0 Å². The van der Waals surface area contributed by atoms with E-state index < -0.39 is 0 Å². The SMILES string of the molecule is COc1ccc2cc(C(C)C(=O)OCCN3CCOC(c4cccc(Cl)c4)C3C)ccc2c1. The van der Waals surface area contributed by atoms with Crippen LogP contribution in [0.1, 0.15) is 37.0 Å². The van der Waals surface area contributed by atoms with Crippen LogP contribution in [0.3, 0.4) is 0 Å². The summed E-state index contributed by atoms with van der Waals surface area (Å²) in [4.78, 5) is 15.0. The van der Waals surface area contributed by atoms with Crippen LogP contribution in [0.5, 0.6) is 5.75 Å². The quantitative estimate of drug-likeness (QED) is 0.422. The predicted octanol–water partition coefficient (Wildman–Crippen LogP) is 5.61. The van der Waals surface area contributed by atoms with E-state index >= 15 is 0 Å². The summed E-state index contributed by atoms with van der Waals surface area (Å²) < 4.78 is 17.0. The first-order valence-corrected chi connectivity index (χ1v) is 11.7. The number of methoxy groups -OCH3 is 1. The van der Waals surface area contributed by atoms with E-state index in [4.69, 9.17) is 25.8 Å². The second-order valence-corrected chi connectivity index (χ2v) is 8.92. The van der Waals surface area contributed by atoms with Gasteiger partial charge in [-0.15, -0.1) is 0 Å². The molecule has 33 heavy (non-hydrogen) atoms. The van der Waals surface area contributed by atoms with E-state index in [1.54, 1.807) is 7.11 Å². The van der Waals surface area contributed by atoms with E-state index in [1.165, 1.54) is 0 Å². The van der Waals surface area contributed by atoms with Gasteiger partial charge in [0.25, 0.3) is 0 Å². The molecule has 3 aromatic rings. The fourth-order valence-electron chi connectivity index (χ4n) is 4.37. The van der Waals surface area contributed by atoms with Gasteiger partial charge in [-0.1, -0.05) is 48.0 Å². The molecule has 0 radical (unpaired) electrons. The van der Waals surface area contributed by atoms with Gasteiger partial charge >= 0.3 is 5.97 Å². The molecule has 5 nitrogen and oxygen atoms in total. The Labute approximate surface area is 200 Å². The summed E-state index contributed by atoms with van der Waals surface area (Å²) in [6.07, 6.45) is -0.0525. The molecular formula is C27H30ClNO4. The zero-order valence-electron chi connectivity index (χ0n) is 19.3. The molecule has 174 valence electrons. The van der Waals surface area contributed by atoms with Crippen molar-refractivity contribution < 1.29 is 19.0 Å². The van der Waals surface area contributed by atoms with Crippen LogP contribution in [0.15, 0.2) is 60.7 Å². The number of esters is 1. The highest BCUT2D eigenvalue weighted by Crippen LogP contribution is 2.30. The first-order chi connectivity index (χ1) is 16.0. The molecule has 0 spiro atoms. The number of halogens is 1. The molecule has 0 aromatic heterocycles. The molecule has 1 fully saturated rings. The lowest BCUT2D eigenvalue weighted by molar-refractivity contribution is -0.146. The Morgan fingerprint density at radius 3 is 2.73 bits per heavy atom. The van der Waals surface area contributed by atoms with Gasteiger partial charge in [0.2, 0.25) is 0 Å². The van der Waals surface area contributed by atoms with Crippen LogP contribution < -0.4 is 4.74 Å². The van der Waals surface area contributed by atoms with Crippen LogP contribution in [0.25, 0.3) is 10.8 Å². The largest absolute Gasteiger partial charge is 0.497 e. The number of carbonyl (C=O) groups is 1. The van der Waals surface area contributed by atoms with Crippen molar-refractivity contribution in [1.29, 1.82) is 0 Å². The van der Waals surface area contributed by atoms with Crippen molar-refractivity contribution in [3.63, 3.8) is 0 Å². The second kappa shape index (κ2) is 10.6. The number of rotatable bonds is 7. The average molecular weight is 468 g/mol. The highest BCUT2D eigenvalue weighted by Gasteiger charge is 2.30. The Morgan fingerprint density at radius 2 is 1.94 bits per heavy atom. The lowest BCUT2D eigenvalue weighted by Gasteiger charge is -2.39. The van der Waals surface area contributed by atoms with Gasteiger partial charge in [0.1, 0.15) is 12.4 Å². The molecule has 3 atom stereocenters. The predicted molar refractivity (Wildman–Crippen MR) is 131 cm³/mol. The number of morpholine rings is 1. The van der Waals surface area contributed by atoms with E-state index in [9.17, 15) is 4.79 Å². The number of hydrogen-bond donors (Lipinski definition) is 0. The molecule has 1 heterocycles. The maximum absolute atomic E-state index is 12.7. The van der Waals surface area contributed by atoms with E-state index in [1.807, 2.05) is 67.6 Å². The van der Waals surface area contributed by atoms with Gasteiger partial charge in [0.15, 0.2) is 0 Å². The molecule has 0 bridgehead atoms. The van der Waals surface area contributed by atoms with Crippen LogP contribution in [0.4, 0.5) is 0 Å². The highest BCUT2D eigenvalue weighted by atomic mass is 35.5. The summed E-state index contributed by atoms with van der Waals surface area (Å²) in [7, 11) is 1.66. The Balaban J connectivity index is 1.33. The topological polar surface area (TPSA) is 48.0 Å². The van der Waals surface area contributed by atoms with E-state index in [0.29, 0.717) is 24.8 Å². The van der Waals surface area contributed by atoms with Crippen molar-refractivity contribution in [2.75, 3.05) is 33.4 Å². The maximum atomic E-state index is 12.7. The van der Waals surface area contributed by atoms with Crippen LogP contribution in [0.2, 0.25) is 5.02 Å². The van der Waals surface area contributed by atoms with Gasteiger partial charge in [-0.2, -0.15) is 0 Å². The standard InChI is InChI=1S/C27H30ClNO4/c1-18(20-7-8-22-17-25(31-3)10-9-21(22)15-20)27(30)33-14-12-29-11-13-32-26(19(29)2)23-5-4-6-24(28)16-23/h4-10,15-19,26H,11-14H2,1-3H3. The third-order valence-corrected chi connectivity index (χ3v) is 6.65. The van der Waals surface area contributed by atoms with Crippen molar-refractivity contribution >= 4 is 28.3 Å². The zero-order chi connectivity index (χ0) is 23.4. The van der Waals surface area contributed by atoms with Crippen LogP contribution in [-0.2, 0) is 14.3 Å². The van der Waals surface area contributed by atoms with Gasteiger partial charge in [-0.05, 0) is 60.0 Å². The maximum Gasteiger partial charge on any atom is 0.313 e. The third-order valence-electron chi connectivity index (χ3n) is 6.42. The monoisotopic (exact) mass is 467 g/mol. The summed E-state index contributed by atoms with van der Waals surface area (Å²) in [5.74, 6) is 0.269. The smallest absolute Gasteiger partial charge is 0.313 e. The molecule has 1 aliphatic rings. The number of hydrogen-bond acceptors (Lipinski definition) is 5. The zero-order valence-corrected chi connectivity index (χ0v) is 20.0. The Bertz CT molecular complexity index is 1120. The number of ether oxygens (including phenoxy) is 3. The summed E-state index contributed by atoms with van der Waals surface area (Å²) in [6, 6.07) is 19.9. The number of nitrogens with zero attached hydrogens (tertiary/aromatic N) is 1. The number of carbonyl (C=O) groups excluding carboxylic acids is 1. The van der Waals surface area contributed by atoms with E-state index in [-0.39, 0.29) is 24.0 Å². The Kier molecular flexibility index (Phi) is 7.53. The summed E-state index contributed by atoms with van der Waals surface area (Å²) in [5.41, 5.74) is 2.01. The molecule has 0 N–H and O–H groups in total. The molecule has 3 unspecified atom stereocenters. The number of fused-ring (bicyclic) bond motifs is 1. The highest BCUT2D eigenvalue weighted by molar-refractivity contribution is 6.30. The molecule has 3 aromatic carbocycles. The second-order valence-electron chi connectivity index (χ2n) is 8.48. The summed E-state index contributed by atoms with van der Waals surface area (Å²) in [6.45, 7) is 6.48. The van der Waals surface area contributed by atoms with Crippen molar-refractivity contribution in [3.05, 3.63) is 76.8 Å². The van der Waals surface area contributed by atoms with Crippen molar-refractivity contribution in [3.8, 4) is 5.75 Å². The summed E-state index contributed by atoms with van der Waals surface area (Å²) >= 11 is 6.16. The molecular weight excluding hydrogens is 438 g/mol. The third kappa shape index (κ3) is 5.49. The lowest BCUT2D eigenvalue weighted by atomic mass is 9.98. The van der Waals surface area contributed by atoms with Gasteiger partial charge in [-0.3, -0.25) is 9.69 Å². The van der Waals surface area contributed by atoms with E-state index in [0.717, 1.165) is 34.2 Å². The summed E-state index contributed by atoms with van der Waals surface area (Å²) in [5, 5.41) is 2.85. The molecule has 6 heteroatoms. The Morgan fingerprint density at radius 1 is 1.15 bits per heavy atom. The van der Waals surface area contributed by atoms with Gasteiger partial charge < -0.3 is 14.2 Å². The number of benzene rings is 3. The molecule has 0 amide bonds. The van der Waals surface area contributed by atoms with Crippen LogP contribution in [-0.4, -0.2) is 50.3 Å². The van der Waals surface area contributed by atoms with E-state index in [2.05, 4.69) is 11.8 Å². The molecule has 0 aliphatic carbocycles. The average Bonchev–Trinajstić information content (AvgIpc) is 2.83. The molecule has 0 saturated carbocycles. The normalized spacial score (nSPS) is 19.9. The van der Waals surface area contributed by atoms with Crippen LogP contribution >= 0.6 is 11.6 Å². The van der Waals surface area contributed by atoms with Crippen molar-refractivity contribution in [2.24, 2.45) is 0 Å². The minimum Gasteiger partial charge on any atom is -0.497 e. The lowest BCUT2D eigenvalue weighted by Crippen LogP contribution is -2.47. The van der Waals surface area contributed by atoms with Crippen molar-refractivity contribution in [1.82, 2.24) is 4.90 Å².